The second-order valence-electron chi connectivity index (χ2n) is 11.1. The zero-order valence-corrected chi connectivity index (χ0v) is 26.4. The van der Waals surface area contributed by atoms with Gasteiger partial charge in [-0.15, -0.1) is 12.4 Å². The van der Waals surface area contributed by atoms with E-state index in [4.69, 9.17) is 9.47 Å². The van der Waals surface area contributed by atoms with Gasteiger partial charge in [0.1, 0.15) is 17.1 Å². The maximum atomic E-state index is 13.6. The first kappa shape index (κ1) is 33.4. The number of carbonyl (C=O) groups excluding carboxylic acids is 2. The molecular formula is C34H40ClN3O5. The Morgan fingerprint density at radius 2 is 1.63 bits per heavy atom. The number of anilines is 1. The SMILES string of the molecule is CCOc1ccc(-c2cc(C(C)(C)C)c(OC(=O)CN(CC)CC)cc2NC(=O)c2c[nH]c3ccccc3c2=O)cc1.Cl. The molecule has 2 N–H and O–H groups in total. The number of halogens is 1. The summed E-state index contributed by atoms with van der Waals surface area (Å²) in [7, 11) is 0. The predicted molar refractivity (Wildman–Crippen MR) is 175 cm³/mol. The number of esters is 1. The number of amides is 1. The lowest BCUT2D eigenvalue weighted by atomic mass is 9.84. The van der Waals surface area contributed by atoms with Crippen LogP contribution in [0.5, 0.6) is 11.5 Å². The zero-order chi connectivity index (χ0) is 30.4. The highest BCUT2D eigenvalue weighted by atomic mass is 35.5. The summed E-state index contributed by atoms with van der Waals surface area (Å²) in [6.45, 7) is 14.2. The van der Waals surface area contributed by atoms with Crippen molar-refractivity contribution in [3.8, 4) is 22.6 Å². The predicted octanol–water partition coefficient (Wildman–Crippen LogP) is 6.81. The van der Waals surface area contributed by atoms with Gasteiger partial charge >= 0.3 is 5.97 Å². The van der Waals surface area contributed by atoms with E-state index in [9.17, 15) is 14.4 Å². The van der Waals surface area contributed by atoms with Crippen LogP contribution in [-0.2, 0) is 10.2 Å². The average molecular weight is 606 g/mol. The number of para-hydroxylation sites is 1. The third kappa shape index (κ3) is 7.83. The summed E-state index contributed by atoms with van der Waals surface area (Å²) in [5, 5.41) is 3.36. The largest absolute Gasteiger partial charge is 0.494 e. The number of carbonyl (C=O) groups is 2. The molecule has 0 bridgehead atoms. The fourth-order valence-electron chi connectivity index (χ4n) is 4.80. The van der Waals surface area contributed by atoms with Gasteiger partial charge in [0.2, 0.25) is 5.43 Å². The van der Waals surface area contributed by atoms with Crippen molar-refractivity contribution >= 4 is 40.9 Å². The van der Waals surface area contributed by atoms with Crippen LogP contribution in [0.15, 0.2) is 71.7 Å². The van der Waals surface area contributed by atoms with E-state index in [2.05, 4.69) is 10.3 Å². The molecule has 0 fully saturated rings. The molecule has 1 aromatic heterocycles. The Bertz CT molecular complexity index is 1640. The Balaban J connectivity index is 0.00000506. The highest BCUT2D eigenvalue weighted by Gasteiger charge is 2.25. The van der Waals surface area contributed by atoms with Crippen LogP contribution < -0.4 is 20.2 Å². The number of fused-ring (bicyclic) bond motifs is 1. The molecule has 0 aliphatic carbocycles. The van der Waals surface area contributed by atoms with Crippen LogP contribution in [0.3, 0.4) is 0 Å². The highest BCUT2D eigenvalue weighted by Crippen LogP contribution is 2.40. The van der Waals surface area contributed by atoms with Gasteiger partial charge in [-0.1, -0.05) is 58.9 Å². The van der Waals surface area contributed by atoms with E-state index in [-0.39, 0.29) is 41.3 Å². The minimum atomic E-state index is -0.571. The number of hydrogen-bond donors (Lipinski definition) is 2. The van der Waals surface area contributed by atoms with E-state index in [1.165, 1.54) is 6.20 Å². The molecular weight excluding hydrogens is 566 g/mol. The molecule has 0 saturated carbocycles. The Hall–Kier alpha value is -4.14. The molecule has 0 radical (unpaired) electrons. The molecule has 4 aromatic rings. The van der Waals surface area contributed by atoms with E-state index in [0.717, 1.165) is 35.5 Å². The van der Waals surface area contributed by atoms with Gasteiger partial charge in [0.25, 0.3) is 5.91 Å². The minimum Gasteiger partial charge on any atom is -0.494 e. The van der Waals surface area contributed by atoms with Crippen LogP contribution in [0.2, 0.25) is 0 Å². The number of aromatic nitrogens is 1. The molecule has 0 unspecified atom stereocenters. The first-order chi connectivity index (χ1) is 20.0. The summed E-state index contributed by atoms with van der Waals surface area (Å²) in [6.07, 6.45) is 1.42. The van der Waals surface area contributed by atoms with Crippen molar-refractivity contribution in [1.82, 2.24) is 9.88 Å². The summed E-state index contributed by atoms with van der Waals surface area (Å²) in [5.74, 6) is 0.129. The fourth-order valence-corrected chi connectivity index (χ4v) is 4.80. The number of aromatic amines is 1. The molecule has 0 saturated heterocycles. The van der Waals surface area contributed by atoms with Crippen molar-refractivity contribution in [2.45, 2.75) is 47.0 Å². The molecule has 8 nitrogen and oxygen atoms in total. The van der Waals surface area contributed by atoms with Gasteiger partial charge in [-0.3, -0.25) is 19.3 Å². The lowest BCUT2D eigenvalue weighted by molar-refractivity contribution is -0.135. The first-order valence-electron chi connectivity index (χ1n) is 14.3. The molecule has 1 amide bonds. The quantitative estimate of drug-likeness (QED) is 0.152. The van der Waals surface area contributed by atoms with Crippen molar-refractivity contribution in [3.63, 3.8) is 0 Å². The Kier molecular flexibility index (Phi) is 11.1. The number of pyridine rings is 1. The first-order valence-corrected chi connectivity index (χ1v) is 14.3. The van der Waals surface area contributed by atoms with Crippen LogP contribution in [0.25, 0.3) is 22.0 Å². The van der Waals surface area contributed by atoms with Crippen molar-refractivity contribution in [2.24, 2.45) is 0 Å². The van der Waals surface area contributed by atoms with Gasteiger partial charge in [-0.2, -0.15) is 0 Å². The van der Waals surface area contributed by atoms with E-state index >= 15 is 0 Å². The second-order valence-corrected chi connectivity index (χ2v) is 11.1. The van der Waals surface area contributed by atoms with Gasteiger partial charge in [-0.25, -0.2) is 0 Å². The Labute approximate surface area is 258 Å². The summed E-state index contributed by atoms with van der Waals surface area (Å²) in [5.41, 5.74) is 2.63. The Morgan fingerprint density at radius 1 is 0.953 bits per heavy atom. The normalized spacial score (nSPS) is 11.2. The average Bonchev–Trinajstić information content (AvgIpc) is 2.96. The van der Waals surface area contributed by atoms with E-state index < -0.39 is 5.91 Å². The number of ether oxygens (including phenoxy) is 2. The van der Waals surface area contributed by atoms with Gasteiger partial charge in [0.15, 0.2) is 0 Å². The monoisotopic (exact) mass is 605 g/mol. The lowest BCUT2D eigenvalue weighted by Gasteiger charge is -2.26. The molecule has 0 atom stereocenters. The number of hydrogen-bond acceptors (Lipinski definition) is 6. The third-order valence-corrected chi connectivity index (χ3v) is 7.16. The third-order valence-electron chi connectivity index (χ3n) is 7.16. The molecule has 9 heteroatoms. The number of rotatable bonds is 10. The van der Waals surface area contributed by atoms with Crippen LogP contribution in [0, 0.1) is 0 Å². The van der Waals surface area contributed by atoms with Gasteiger partial charge in [-0.05, 0) is 61.3 Å². The standard InChI is InChI=1S/C34H39N3O5.ClH/c1-7-37(8-2)21-31(38)42-30-19-29(36-33(40)26-20-35-28-13-11-10-12-24(28)32(26)39)25(18-27(30)34(4,5)6)22-14-16-23(17-15-22)41-9-3;/h10-20H,7-9,21H2,1-6H3,(H,35,39)(H,36,40);1H. The van der Waals surface area contributed by atoms with Gasteiger partial charge < -0.3 is 19.8 Å². The van der Waals surface area contributed by atoms with Gasteiger partial charge in [0, 0.05) is 34.3 Å². The molecule has 0 spiro atoms. The van der Waals surface area contributed by atoms with Crippen molar-refractivity contribution in [2.75, 3.05) is 31.6 Å². The van der Waals surface area contributed by atoms with E-state index in [1.54, 1.807) is 24.3 Å². The fraction of sp³-hybridized carbons (Fsp3) is 0.324. The van der Waals surface area contributed by atoms with Crippen molar-refractivity contribution < 1.29 is 19.1 Å². The molecule has 1 heterocycles. The smallest absolute Gasteiger partial charge is 0.325 e. The van der Waals surface area contributed by atoms with E-state index in [0.29, 0.717) is 28.9 Å². The Morgan fingerprint density at radius 3 is 2.26 bits per heavy atom. The summed E-state index contributed by atoms with van der Waals surface area (Å²) < 4.78 is 11.6. The zero-order valence-electron chi connectivity index (χ0n) is 25.6. The van der Waals surface area contributed by atoms with Crippen LogP contribution in [0.1, 0.15) is 57.5 Å². The maximum Gasteiger partial charge on any atom is 0.325 e. The topological polar surface area (TPSA) is 101 Å². The number of nitrogens with one attached hydrogen (secondary N) is 2. The second kappa shape index (κ2) is 14.4. The number of likely N-dealkylation sites (N-methyl/N-ethyl adjacent to an activating group) is 1. The number of nitrogens with zero attached hydrogens (tertiary/aromatic N) is 1. The molecule has 3 aromatic carbocycles. The summed E-state index contributed by atoms with van der Waals surface area (Å²) in [6, 6.07) is 18.2. The molecule has 228 valence electrons. The highest BCUT2D eigenvalue weighted by molar-refractivity contribution is 6.07. The summed E-state index contributed by atoms with van der Waals surface area (Å²) in [4.78, 5) is 44.8. The van der Waals surface area contributed by atoms with E-state index in [1.807, 2.05) is 82.8 Å². The molecule has 0 aliphatic heterocycles. The number of benzene rings is 3. The molecule has 43 heavy (non-hydrogen) atoms. The minimum absolute atomic E-state index is 0. The van der Waals surface area contributed by atoms with Crippen molar-refractivity contribution in [3.05, 3.63) is 88.2 Å². The maximum absolute atomic E-state index is 13.6. The van der Waals surface area contributed by atoms with Crippen LogP contribution in [0.4, 0.5) is 5.69 Å². The van der Waals surface area contributed by atoms with Crippen LogP contribution in [-0.4, -0.2) is 48.0 Å². The van der Waals surface area contributed by atoms with Crippen molar-refractivity contribution in [1.29, 1.82) is 0 Å². The van der Waals surface area contributed by atoms with Gasteiger partial charge in [0.05, 0.1) is 18.8 Å². The molecule has 4 rings (SSSR count). The van der Waals surface area contributed by atoms with Crippen LogP contribution >= 0.6 is 12.4 Å². The molecule has 0 aliphatic rings. The summed E-state index contributed by atoms with van der Waals surface area (Å²) >= 11 is 0. The number of H-pyrrole nitrogens is 1. The lowest BCUT2D eigenvalue weighted by Crippen LogP contribution is -2.32.